The van der Waals surface area contributed by atoms with E-state index < -0.39 is 11.2 Å². The third kappa shape index (κ3) is 2.83. The van der Waals surface area contributed by atoms with Gasteiger partial charge >= 0.3 is 0 Å². The van der Waals surface area contributed by atoms with Crippen LogP contribution in [0.3, 0.4) is 0 Å². The molecular weight excluding hydrogens is 321 g/mol. The van der Waals surface area contributed by atoms with Gasteiger partial charge in [-0.3, -0.25) is 9.78 Å². The summed E-state index contributed by atoms with van der Waals surface area (Å²) in [6, 6.07) is 5.88. The first-order chi connectivity index (χ1) is 12.1. The molecule has 2 aromatic heterocycles. The van der Waals surface area contributed by atoms with E-state index in [-0.39, 0.29) is 11.9 Å². The van der Waals surface area contributed by atoms with Crippen LogP contribution in [0.5, 0.6) is 0 Å². The average molecular weight is 341 g/mol. The van der Waals surface area contributed by atoms with E-state index in [9.17, 15) is 9.18 Å². The van der Waals surface area contributed by atoms with Crippen LogP contribution in [0.25, 0.3) is 0 Å². The number of rotatable bonds is 4. The molecule has 7 heteroatoms. The molecule has 25 heavy (non-hydrogen) atoms. The highest BCUT2D eigenvalue weighted by molar-refractivity contribution is 5.91. The summed E-state index contributed by atoms with van der Waals surface area (Å²) in [6.07, 6.45) is 6.65. The quantitative estimate of drug-likeness (QED) is 0.848. The number of amides is 1. The second kappa shape index (κ2) is 6.06. The van der Waals surface area contributed by atoms with Crippen molar-refractivity contribution in [2.75, 3.05) is 25.0 Å². The van der Waals surface area contributed by atoms with Crippen LogP contribution in [0.1, 0.15) is 25.0 Å². The van der Waals surface area contributed by atoms with E-state index in [2.05, 4.69) is 15.0 Å². The molecule has 1 saturated carbocycles. The number of likely N-dealkylation sites (tertiary alicyclic amines) is 1. The lowest BCUT2D eigenvalue weighted by molar-refractivity contribution is -0.133. The first-order valence-corrected chi connectivity index (χ1v) is 8.51. The fraction of sp³-hybridized carbons (Fsp3) is 0.444. The monoisotopic (exact) mass is 341 g/mol. The van der Waals surface area contributed by atoms with Gasteiger partial charge in [-0.2, -0.15) is 0 Å². The van der Waals surface area contributed by atoms with Gasteiger partial charge < -0.3 is 9.80 Å². The molecule has 2 aliphatic rings. The SMILES string of the molecule is CN(c1ncc(F)cn1)C1CCN(C(=O)C2(c3ccccn3)CC2)C1. The number of nitrogens with zero attached hydrogens (tertiary/aromatic N) is 5. The first kappa shape index (κ1) is 15.9. The molecule has 130 valence electrons. The van der Waals surface area contributed by atoms with Crippen molar-refractivity contribution < 1.29 is 9.18 Å². The molecule has 1 aliphatic heterocycles. The summed E-state index contributed by atoms with van der Waals surface area (Å²) in [5.41, 5.74) is 0.444. The highest BCUT2D eigenvalue weighted by Crippen LogP contribution is 2.49. The second-order valence-corrected chi connectivity index (χ2v) is 6.80. The Kier molecular flexibility index (Phi) is 3.86. The minimum atomic E-state index is -0.452. The number of halogens is 1. The Morgan fingerprint density at radius 3 is 2.68 bits per heavy atom. The highest BCUT2D eigenvalue weighted by Gasteiger charge is 2.55. The van der Waals surface area contributed by atoms with Crippen molar-refractivity contribution in [2.45, 2.75) is 30.7 Å². The molecule has 4 rings (SSSR count). The molecular formula is C18H20FN5O. The van der Waals surface area contributed by atoms with E-state index in [1.54, 1.807) is 6.20 Å². The maximum atomic E-state index is 13.1. The number of carbonyl (C=O) groups is 1. The maximum Gasteiger partial charge on any atom is 0.234 e. The topological polar surface area (TPSA) is 62.2 Å². The van der Waals surface area contributed by atoms with E-state index >= 15 is 0 Å². The first-order valence-electron chi connectivity index (χ1n) is 8.51. The molecule has 1 unspecified atom stereocenters. The van der Waals surface area contributed by atoms with Crippen LogP contribution in [0.2, 0.25) is 0 Å². The fourth-order valence-electron chi connectivity index (χ4n) is 3.55. The van der Waals surface area contributed by atoms with Crippen molar-refractivity contribution in [1.29, 1.82) is 0 Å². The van der Waals surface area contributed by atoms with Crippen LogP contribution in [0.4, 0.5) is 10.3 Å². The summed E-state index contributed by atoms with van der Waals surface area (Å²) in [5.74, 6) is 0.195. The van der Waals surface area contributed by atoms with Crippen molar-refractivity contribution >= 4 is 11.9 Å². The largest absolute Gasteiger partial charge is 0.340 e. The van der Waals surface area contributed by atoms with Crippen LogP contribution < -0.4 is 4.90 Å². The number of anilines is 1. The Hall–Kier alpha value is -2.57. The summed E-state index contributed by atoms with van der Waals surface area (Å²) in [5, 5.41) is 0. The smallest absolute Gasteiger partial charge is 0.234 e. The lowest BCUT2D eigenvalue weighted by Gasteiger charge is -2.26. The number of hydrogen-bond acceptors (Lipinski definition) is 5. The van der Waals surface area contributed by atoms with Gasteiger partial charge in [0.25, 0.3) is 0 Å². The Morgan fingerprint density at radius 1 is 1.28 bits per heavy atom. The van der Waals surface area contributed by atoms with Crippen molar-refractivity contribution in [3.8, 4) is 0 Å². The molecule has 3 heterocycles. The van der Waals surface area contributed by atoms with Crippen LogP contribution in [0, 0.1) is 5.82 Å². The minimum absolute atomic E-state index is 0.133. The van der Waals surface area contributed by atoms with Crippen LogP contribution in [0.15, 0.2) is 36.8 Å². The Bertz CT molecular complexity index is 763. The van der Waals surface area contributed by atoms with E-state index in [1.807, 2.05) is 35.0 Å². The number of likely N-dealkylation sites (N-methyl/N-ethyl adjacent to an activating group) is 1. The fourth-order valence-corrected chi connectivity index (χ4v) is 3.55. The highest BCUT2D eigenvalue weighted by atomic mass is 19.1. The van der Waals surface area contributed by atoms with Crippen LogP contribution in [-0.2, 0) is 10.2 Å². The third-order valence-electron chi connectivity index (χ3n) is 5.24. The number of pyridine rings is 1. The predicted molar refractivity (Wildman–Crippen MR) is 90.5 cm³/mol. The molecule has 1 saturated heterocycles. The number of hydrogen-bond donors (Lipinski definition) is 0. The summed E-state index contributed by atoms with van der Waals surface area (Å²) in [7, 11) is 1.89. The molecule has 1 aliphatic carbocycles. The van der Waals surface area contributed by atoms with Gasteiger partial charge in [0.15, 0.2) is 5.82 Å². The van der Waals surface area contributed by atoms with Gasteiger partial charge in [0.1, 0.15) is 0 Å². The lowest BCUT2D eigenvalue weighted by atomic mass is 10.00. The number of carbonyl (C=O) groups excluding carboxylic acids is 1. The zero-order chi connectivity index (χ0) is 17.4. The van der Waals surface area contributed by atoms with Crippen molar-refractivity contribution in [1.82, 2.24) is 19.9 Å². The molecule has 0 aromatic carbocycles. The van der Waals surface area contributed by atoms with Crippen LogP contribution >= 0.6 is 0 Å². The van der Waals surface area contributed by atoms with Crippen molar-refractivity contribution in [2.24, 2.45) is 0 Å². The normalized spacial score (nSPS) is 21.2. The van der Waals surface area contributed by atoms with E-state index in [0.717, 1.165) is 37.4 Å². The van der Waals surface area contributed by atoms with Gasteiger partial charge in [-0.05, 0) is 31.4 Å². The molecule has 0 spiro atoms. The summed E-state index contributed by atoms with van der Waals surface area (Å²) >= 11 is 0. The van der Waals surface area contributed by atoms with E-state index in [0.29, 0.717) is 19.0 Å². The predicted octanol–water partition coefficient (Wildman–Crippen LogP) is 1.78. The average Bonchev–Trinajstić information content (AvgIpc) is 3.32. The van der Waals surface area contributed by atoms with Gasteiger partial charge in [0.05, 0.1) is 29.5 Å². The molecule has 2 aromatic rings. The van der Waals surface area contributed by atoms with Gasteiger partial charge in [-0.15, -0.1) is 0 Å². The molecule has 2 fully saturated rings. The summed E-state index contributed by atoms with van der Waals surface area (Å²) < 4.78 is 13.0. The van der Waals surface area contributed by atoms with E-state index in [1.165, 1.54) is 0 Å². The van der Waals surface area contributed by atoms with Crippen LogP contribution in [-0.4, -0.2) is 51.9 Å². The van der Waals surface area contributed by atoms with Gasteiger partial charge in [-0.25, -0.2) is 14.4 Å². The number of aromatic nitrogens is 3. The molecule has 0 radical (unpaired) electrons. The summed E-state index contributed by atoms with van der Waals surface area (Å²) in [6.45, 7) is 1.34. The van der Waals surface area contributed by atoms with Crippen molar-refractivity contribution in [3.63, 3.8) is 0 Å². The maximum absolute atomic E-state index is 13.1. The molecule has 0 bridgehead atoms. The second-order valence-electron chi connectivity index (χ2n) is 6.80. The van der Waals surface area contributed by atoms with Gasteiger partial charge in [0, 0.05) is 26.3 Å². The molecule has 6 nitrogen and oxygen atoms in total. The molecule has 0 N–H and O–H groups in total. The van der Waals surface area contributed by atoms with E-state index in [4.69, 9.17) is 0 Å². The minimum Gasteiger partial charge on any atom is -0.340 e. The Morgan fingerprint density at radius 2 is 2.04 bits per heavy atom. The summed E-state index contributed by atoms with van der Waals surface area (Å²) in [4.78, 5) is 29.4. The third-order valence-corrected chi connectivity index (χ3v) is 5.24. The Balaban J connectivity index is 1.46. The Labute approximate surface area is 145 Å². The zero-order valence-corrected chi connectivity index (χ0v) is 14.1. The zero-order valence-electron chi connectivity index (χ0n) is 14.1. The lowest BCUT2D eigenvalue weighted by Crippen LogP contribution is -2.41. The van der Waals surface area contributed by atoms with Crippen molar-refractivity contribution in [3.05, 3.63) is 48.3 Å². The molecule has 1 atom stereocenters. The standard InChI is InChI=1S/C18H20FN5O/c1-23(17-21-10-13(19)11-22-17)14-5-9-24(12-14)16(25)18(6-7-18)15-4-2-3-8-20-15/h2-4,8,10-11,14H,5-7,9,12H2,1H3. The van der Waals surface area contributed by atoms with Gasteiger partial charge in [-0.1, -0.05) is 6.07 Å². The molecule has 1 amide bonds. The van der Waals surface area contributed by atoms with Gasteiger partial charge in [0.2, 0.25) is 11.9 Å².